The fourth-order valence-corrected chi connectivity index (χ4v) is 4.39. The summed E-state index contributed by atoms with van der Waals surface area (Å²) in [7, 11) is 0. The molecule has 4 aromatic rings. The molecular weight excluding hydrogens is 390 g/mol. The highest BCUT2D eigenvalue weighted by molar-refractivity contribution is 8.00. The fraction of sp³-hybridized carbons (Fsp3) is 0.200. The van der Waals surface area contributed by atoms with Gasteiger partial charge in [0, 0.05) is 5.56 Å². The Kier molecular flexibility index (Phi) is 5.40. The van der Waals surface area contributed by atoms with Crippen LogP contribution < -0.4 is 5.32 Å². The largest absolute Gasteiger partial charge is 0.333 e. The number of nitrogens with one attached hydrogen (secondary N) is 2. The lowest BCUT2D eigenvalue weighted by atomic mass is 10.2. The summed E-state index contributed by atoms with van der Waals surface area (Å²) in [5, 5.41) is 13.0. The van der Waals surface area contributed by atoms with Crippen LogP contribution in [0.4, 0.5) is 5.13 Å². The Balaban J connectivity index is 1.45. The number of carbonyl (C=O) groups excluding carboxylic acids is 1. The SMILES string of the molecule is CCC(Sc1nc2ccccc2[nH]1)C(=O)Nc1nnc(-c2ccc(C)cc2)s1. The number of aryl methyl sites for hydroxylation is 1. The van der Waals surface area contributed by atoms with Crippen molar-refractivity contribution in [3.05, 3.63) is 54.1 Å². The quantitative estimate of drug-likeness (QED) is 0.443. The van der Waals surface area contributed by atoms with Crippen LogP contribution in [-0.2, 0) is 4.79 Å². The predicted molar refractivity (Wildman–Crippen MR) is 115 cm³/mol. The summed E-state index contributed by atoms with van der Waals surface area (Å²) in [6, 6.07) is 15.9. The maximum atomic E-state index is 12.7. The van der Waals surface area contributed by atoms with Crippen LogP contribution in [0.15, 0.2) is 53.7 Å². The van der Waals surface area contributed by atoms with Crippen molar-refractivity contribution < 1.29 is 4.79 Å². The van der Waals surface area contributed by atoms with E-state index >= 15 is 0 Å². The number of para-hydroxylation sites is 2. The van der Waals surface area contributed by atoms with Crippen molar-refractivity contribution in [3.63, 3.8) is 0 Å². The first-order valence-electron chi connectivity index (χ1n) is 8.95. The zero-order valence-electron chi connectivity index (χ0n) is 15.5. The monoisotopic (exact) mass is 409 g/mol. The maximum absolute atomic E-state index is 12.7. The molecule has 0 bridgehead atoms. The number of hydrogen-bond donors (Lipinski definition) is 2. The summed E-state index contributed by atoms with van der Waals surface area (Å²) < 4.78 is 0. The van der Waals surface area contributed by atoms with Crippen LogP contribution in [0.1, 0.15) is 18.9 Å². The van der Waals surface area contributed by atoms with E-state index in [1.165, 1.54) is 28.7 Å². The fourth-order valence-electron chi connectivity index (χ4n) is 2.71. The molecule has 2 heterocycles. The first kappa shape index (κ1) is 18.6. The van der Waals surface area contributed by atoms with Crippen LogP contribution in [0.25, 0.3) is 21.6 Å². The molecule has 0 saturated carbocycles. The van der Waals surface area contributed by atoms with Crippen molar-refractivity contribution in [1.82, 2.24) is 20.2 Å². The van der Waals surface area contributed by atoms with E-state index in [1.54, 1.807) is 0 Å². The molecule has 6 nitrogen and oxygen atoms in total. The van der Waals surface area contributed by atoms with Crippen LogP contribution in [0.2, 0.25) is 0 Å². The Bertz CT molecular complexity index is 1070. The topological polar surface area (TPSA) is 83.6 Å². The highest BCUT2D eigenvalue weighted by Gasteiger charge is 2.21. The minimum absolute atomic E-state index is 0.0976. The van der Waals surface area contributed by atoms with Gasteiger partial charge in [-0.25, -0.2) is 4.98 Å². The van der Waals surface area contributed by atoms with E-state index in [9.17, 15) is 4.79 Å². The lowest BCUT2D eigenvalue weighted by molar-refractivity contribution is -0.115. The summed E-state index contributed by atoms with van der Waals surface area (Å²) in [5.41, 5.74) is 4.04. The predicted octanol–water partition coefficient (Wildman–Crippen LogP) is 4.90. The van der Waals surface area contributed by atoms with Gasteiger partial charge in [-0.2, -0.15) is 0 Å². The number of thioether (sulfide) groups is 1. The number of fused-ring (bicyclic) bond motifs is 1. The Labute approximate surface area is 170 Å². The van der Waals surface area contributed by atoms with Gasteiger partial charge in [0.2, 0.25) is 11.0 Å². The molecule has 0 radical (unpaired) electrons. The van der Waals surface area contributed by atoms with E-state index in [1.807, 2.05) is 62.4 Å². The van der Waals surface area contributed by atoms with E-state index in [2.05, 4.69) is 25.5 Å². The molecule has 28 heavy (non-hydrogen) atoms. The van der Waals surface area contributed by atoms with Crippen molar-refractivity contribution in [2.75, 3.05) is 5.32 Å². The third-order valence-corrected chi connectivity index (χ3v) is 6.37. The normalized spacial score (nSPS) is 12.2. The Morgan fingerprint density at radius 3 is 2.71 bits per heavy atom. The van der Waals surface area contributed by atoms with Gasteiger partial charge in [0.05, 0.1) is 16.3 Å². The second-order valence-corrected chi connectivity index (χ2v) is 8.51. The molecule has 0 aliphatic rings. The lowest BCUT2D eigenvalue weighted by Crippen LogP contribution is -2.24. The highest BCUT2D eigenvalue weighted by atomic mass is 32.2. The van der Waals surface area contributed by atoms with Gasteiger partial charge in [-0.05, 0) is 25.5 Å². The number of aromatic nitrogens is 4. The van der Waals surface area contributed by atoms with E-state index < -0.39 is 0 Å². The Morgan fingerprint density at radius 1 is 1.18 bits per heavy atom. The summed E-state index contributed by atoms with van der Waals surface area (Å²) in [6.07, 6.45) is 0.678. The van der Waals surface area contributed by atoms with Gasteiger partial charge in [0.1, 0.15) is 5.01 Å². The van der Waals surface area contributed by atoms with Gasteiger partial charge in [-0.3, -0.25) is 10.1 Å². The zero-order valence-corrected chi connectivity index (χ0v) is 17.1. The highest BCUT2D eigenvalue weighted by Crippen LogP contribution is 2.29. The van der Waals surface area contributed by atoms with Crippen LogP contribution in [0.3, 0.4) is 0 Å². The smallest absolute Gasteiger partial charge is 0.239 e. The number of amides is 1. The molecular formula is C20H19N5OS2. The van der Waals surface area contributed by atoms with Crippen LogP contribution in [0, 0.1) is 6.92 Å². The second kappa shape index (κ2) is 8.12. The molecule has 2 aromatic carbocycles. The summed E-state index contributed by atoms with van der Waals surface area (Å²) >= 11 is 2.80. The molecule has 0 fully saturated rings. The molecule has 2 N–H and O–H groups in total. The Morgan fingerprint density at radius 2 is 1.96 bits per heavy atom. The molecule has 4 rings (SSSR count). The first-order valence-corrected chi connectivity index (χ1v) is 10.6. The molecule has 2 aromatic heterocycles. The van der Waals surface area contributed by atoms with Crippen LogP contribution in [0.5, 0.6) is 0 Å². The average Bonchev–Trinajstić information content (AvgIpc) is 3.33. The first-order chi connectivity index (χ1) is 13.6. The zero-order chi connectivity index (χ0) is 19.5. The van der Waals surface area contributed by atoms with Crippen molar-refractivity contribution in [2.45, 2.75) is 30.7 Å². The number of imidazole rings is 1. The summed E-state index contributed by atoms with van der Waals surface area (Å²) in [5.74, 6) is -0.0976. The van der Waals surface area contributed by atoms with Gasteiger partial charge in [-0.1, -0.05) is 72.0 Å². The second-order valence-electron chi connectivity index (χ2n) is 6.34. The van der Waals surface area contributed by atoms with Crippen molar-refractivity contribution >= 4 is 45.2 Å². The molecule has 142 valence electrons. The minimum Gasteiger partial charge on any atom is -0.333 e. The number of anilines is 1. The van der Waals surface area contributed by atoms with Gasteiger partial charge in [-0.15, -0.1) is 10.2 Å². The number of nitrogens with zero attached hydrogens (tertiary/aromatic N) is 3. The van der Waals surface area contributed by atoms with Crippen molar-refractivity contribution in [3.8, 4) is 10.6 Å². The molecule has 1 amide bonds. The van der Waals surface area contributed by atoms with Crippen molar-refractivity contribution in [1.29, 1.82) is 0 Å². The van der Waals surface area contributed by atoms with Gasteiger partial charge < -0.3 is 4.98 Å². The van der Waals surface area contributed by atoms with E-state index in [-0.39, 0.29) is 11.2 Å². The number of H-pyrrole nitrogens is 1. The third-order valence-electron chi connectivity index (χ3n) is 4.24. The van der Waals surface area contributed by atoms with Crippen LogP contribution >= 0.6 is 23.1 Å². The summed E-state index contributed by atoms with van der Waals surface area (Å²) in [4.78, 5) is 20.5. The van der Waals surface area contributed by atoms with Crippen molar-refractivity contribution in [2.24, 2.45) is 0 Å². The number of rotatable bonds is 6. The average molecular weight is 410 g/mol. The minimum atomic E-state index is -0.271. The third kappa shape index (κ3) is 4.07. The van der Waals surface area contributed by atoms with E-state index in [0.717, 1.165) is 26.8 Å². The molecule has 1 atom stereocenters. The maximum Gasteiger partial charge on any atom is 0.239 e. The molecule has 1 unspecified atom stereocenters. The number of hydrogen-bond acceptors (Lipinski definition) is 6. The number of aromatic amines is 1. The number of benzene rings is 2. The van der Waals surface area contributed by atoms with E-state index in [4.69, 9.17) is 0 Å². The summed E-state index contributed by atoms with van der Waals surface area (Å²) in [6.45, 7) is 4.03. The standard InChI is InChI=1S/C20H19N5OS2/c1-3-16(27-19-21-14-6-4-5-7-15(14)22-19)17(26)23-20-25-24-18(28-20)13-10-8-12(2)9-11-13/h4-11,16H,3H2,1-2H3,(H,21,22)(H,23,25,26). The molecule has 8 heteroatoms. The number of carbonyl (C=O) groups is 1. The van der Waals surface area contributed by atoms with Gasteiger partial charge in [0.25, 0.3) is 0 Å². The molecule has 0 aliphatic heterocycles. The molecule has 0 saturated heterocycles. The van der Waals surface area contributed by atoms with Crippen LogP contribution in [-0.4, -0.2) is 31.3 Å². The lowest BCUT2D eigenvalue weighted by Gasteiger charge is -2.11. The Hall–Kier alpha value is -2.71. The molecule has 0 aliphatic carbocycles. The van der Waals surface area contributed by atoms with E-state index in [0.29, 0.717) is 11.6 Å². The van der Waals surface area contributed by atoms with Gasteiger partial charge >= 0.3 is 0 Å². The molecule has 0 spiro atoms. The van der Waals surface area contributed by atoms with Gasteiger partial charge in [0.15, 0.2) is 5.16 Å².